The van der Waals surface area contributed by atoms with Crippen LogP contribution in [-0.4, -0.2) is 16.9 Å². The molecule has 0 aliphatic rings. The van der Waals surface area contributed by atoms with Gasteiger partial charge in [0.05, 0.1) is 5.56 Å². The fraction of sp³-hybridized carbons (Fsp3) is 0.500. The van der Waals surface area contributed by atoms with Crippen molar-refractivity contribution in [1.82, 2.24) is 10.3 Å². The van der Waals surface area contributed by atoms with Crippen molar-refractivity contribution >= 4 is 5.91 Å². The zero-order chi connectivity index (χ0) is 12.3. The summed E-state index contributed by atoms with van der Waals surface area (Å²) >= 11 is 0. The maximum atomic E-state index is 13.2. The molecule has 0 saturated heterocycles. The number of rotatable bonds is 2. The van der Waals surface area contributed by atoms with E-state index < -0.39 is 11.9 Å². The van der Waals surface area contributed by atoms with Crippen LogP contribution in [0.5, 0.6) is 0 Å². The number of pyridine rings is 1. The number of nitrogens with zero attached hydrogens (tertiary/aromatic N) is 1. The Balaban J connectivity index is 2.78. The third-order valence-electron chi connectivity index (χ3n) is 2.65. The van der Waals surface area contributed by atoms with Gasteiger partial charge in [0.1, 0.15) is 0 Å². The second kappa shape index (κ2) is 4.60. The van der Waals surface area contributed by atoms with E-state index >= 15 is 0 Å². The van der Waals surface area contributed by atoms with Gasteiger partial charge in [-0.15, -0.1) is 0 Å². The highest BCUT2D eigenvalue weighted by Crippen LogP contribution is 2.19. The minimum absolute atomic E-state index is 0.0152. The van der Waals surface area contributed by atoms with Crippen molar-refractivity contribution in [3.05, 3.63) is 29.8 Å². The number of aromatic nitrogens is 1. The summed E-state index contributed by atoms with van der Waals surface area (Å²) in [5.41, 5.74) is -0.0764. The van der Waals surface area contributed by atoms with Crippen molar-refractivity contribution in [1.29, 1.82) is 0 Å². The first-order valence-electron chi connectivity index (χ1n) is 5.23. The summed E-state index contributed by atoms with van der Waals surface area (Å²) in [5, 5.41) is 2.76. The number of nitrogens with one attached hydrogen (secondary N) is 1. The zero-order valence-electron chi connectivity index (χ0n) is 10.0. The molecular weight excluding hydrogens is 207 g/mol. The largest absolute Gasteiger partial charge is 0.349 e. The van der Waals surface area contributed by atoms with E-state index in [1.54, 1.807) is 6.07 Å². The van der Waals surface area contributed by atoms with Gasteiger partial charge in [0.2, 0.25) is 5.95 Å². The highest BCUT2D eigenvalue weighted by Gasteiger charge is 2.23. The molecule has 0 fully saturated rings. The summed E-state index contributed by atoms with van der Waals surface area (Å²) in [6.45, 7) is 7.93. The molecule has 1 heterocycles. The van der Waals surface area contributed by atoms with Gasteiger partial charge in [-0.05, 0) is 24.5 Å². The molecule has 0 aliphatic heterocycles. The molecule has 0 spiro atoms. The Labute approximate surface area is 95.1 Å². The number of hydrogen-bond acceptors (Lipinski definition) is 2. The maximum Gasteiger partial charge on any atom is 0.256 e. The Morgan fingerprint density at radius 3 is 2.62 bits per heavy atom. The first kappa shape index (κ1) is 12.6. The predicted octanol–water partition coefficient (Wildman–Crippen LogP) is 2.39. The molecular formula is C12H17FN2O. The fourth-order valence-corrected chi connectivity index (χ4v) is 1.05. The van der Waals surface area contributed by atoms with Gasteiger partial charge in [-0.1, -0.05) is 20.8 Å². The quantitative estimate of drug-likeness (QED) is 0.784. The summed E-state index contributed by atoms with van der Waals surface area (Å²) in [6, 6.07) is 2.92. The van der Waals surface area contributed by atoms with Crippen LogP contribution in [0.4, 0.5) is 4.39 Å². The van der Waals surface area contributed by atoms with E-state index in [2.05, 4.69) is 10.3 Å². The number of carbonyl (C=O) groups is 1. The Kier molecular flexibility index (Phi) is 3.62. The standard InChI is InChI=1S/C12H17FN2O/c1-8(12(2,3)4)15-11(16)9-6-5-7-14-10(9)13/h5-8H,1-4H3,(H,15,16). The summed E-state index contributed by atoms with van der Waals surface area (Å²) < 4.78 is 13.2. The lowest BCUT2D eigenvalue weighted by atomic mass is 9.88. The lowest BCUT2D eigenvalue weighted by Gasteiger charge is -2.28. The van der Waals surface area contributed by atoms with Crippen LogP contribution in [0, 0.1) is 11.4 Å². The maximum absolute atomic E-state index is 13.2. The van der Waals surface area contributed by atoms with Gasteiger partial charge in [-0.25, -0.2) is 4.98 Å². The topological polar surface area (TPSA) is 42.0 Å². The van der Waals surface area contributed by atoms with Crippen LogP contribution < -0.4 is 5.32 Å². The summed E-state index contributed by atoms with van der Waals surface area (Å²) in [6.07, 6.45) is 1.32. The van der Waals surface area contributed by atoms with Crippen LogP contribution in [0.2, 0.25) is 0 Å². The third kappa shape index (κ3) is 3.02. The Morgan fingerprint density at radius 1 is 1.50 bits per heavy atom. The number of hydrogen-bond donors (Lipinski definition) is 1. The molecule has 1 unspecified atom stereocenters. The molecule has 0 aromatic carbocycles. The van der Waals surface area contributed by atoms with Crippen molar-refractivity contribution in [3.63, 3.8) is 0 Å². The normalized spacial score (nSPS) is 13.3. The molecule has 1 aromatic heterocycles. The van der Waals surface area contributed by atoms with E-state index in [1.165, 1.54) is 12.3 Å². The summed E-state index contributed by atoms with van der Waals surface area (Å²) in [5.74, 6) is -1.16. The molecule has 88 valence electrons. The molecule has 0 aliphatic carbocycles. The first-order chi connectivity index (χ1) is 7.32. The van der Waals surface area contributed by atoms with Gasteiger partial charge >= 0.3 is 0 Å². The number of halogens is 1. The van der Waals surface area contributed by atoms with Crippen LogP contribution in [0.15, 0.2) is 18.3 Å². The van der Waals surface area contributed by atoms with Crippen LogP contribution in [-0.2, 0) is 0 Å². The van der Waals surface area contributed by atoms with Gasteiger partial charge in [0, 0.05) is 12.2 Å². The molecule has 0 saturated carbocycles. The second-order valence-electron chi connectivity index (χ2n) is 4.90. The van der Waals surface area contributed by atoms with E-state index in [9.17, 15) is 9.18 Å². The summed E-state index contributed by atoms with van der Waals surface area (Å²) in [7, 11) is 0. The molecule has 1 atom stereocenters. The molecule has 0 radical (unpaired) electrons. The molecule has 1 aromatic rings. The van der Waals surface area contributed by atoms with E-state index in [0.29, 0.717) is 0 Å². The second-order valence-corrected chi connectivity index (χ2v) is 4.90. The lowest BCUT2D eigenvalue weighted by Crippen LogP contribution is -2.41. The minimum Gasteiger partial charge on any atom is -0.349 e. The molecule has 1 N–H and O–H groups in total. The van der Waals surface area contributed by atoms with Crippen molar-refractivity contribution in [2.45, 2.75) is 33.7 Å². The molecule has 1 rings (SSSR count). The van der Waals surface area contributed by atoms with E-state index in [0.717, 1.165) is 0 Å². The van der Waals surface area contributed by atoms with Gasteiger partial charge in [0.15, 0.2) is 0 Å². The van der Waals surface area contributed by atoms with Crippen molar-refractivity contribution in [3.8, 4) is 0 Å². The number of amides is 1. The first-order valence-corrected chi connectivity index (χ1v) is 5.23. The molecule has 3 nitrogen and oxygen atoms in total. The molecule has 16 heavy (non-hydrogen) atoms. The zero-order valence-corrected chi connectivity index (χ0v) is 10.0. The Morgan fingerprint density at radius 2 is 2.12 bits per heavy atom. The van der Waals surface area contributed by atoms with E-state index in [-0.39, 0.29) is 17.0 Å². The Hall–Kier alpha value is -1.45. The number of carbonyl (C=O) groups excluding carboxylic acids is 1. The van der Waals surface area contributed by atoms with Crippen molar-refractivity contribution in [2.75, 3.05) is 0 Å². The van der Waals surface area contributed by atoms with E-state index in [4.69, 9.17) is 0 Å². The highest BCUT2D eigenvalue weighted by atomic mass is 19.1. The monoisotopic (exact) mass is 224 g/mol. The minimum atomic E-state index is -0.735. The highest BCUT2D eigenvalue weighted by molar-refractivity contribution is 5.94. The average Bonchev–Trinajstić information content (AvgIpc) is 2.16. The van der Waals surface area contributed by atoms with Crippen LogP contribution in [0.25, 0.3) is 0 Å². The van der Waals surface area contributed by atoms with Crippen LogP contribution in [0.1, 0.15) is 38.1 Å². The molecule has 1 amide bonds. The smallest absolute Gasteiger partial charge is 0.256 e. The van der Waals surface area contributed by atoms with Gasteiger partial charge in [-0.3, -0.25) is 4.79 Å². The fourth-order valence-electron chi connectivity index (χ4n) is 1.05. The molecule has 4 heteroatoms. The van der Waals surface area contributed by atoms with Crippen molar-refractivity contribution in [2.24, 2.45) is 5.41 Å². The van der Waals surface area contributed by atoms with Gasteiger partial charge < -0.3 is 5.32 Å². The molecule has 0 bridgehead atoms. The third-order valence-corrected chi connectivity index (χ3v) is 2.65. The van der Waals surface area contributed by atoms with E-state index in [1.807, 2.05) is 27.7 Å². The average molecular weight is 224 g/mol. The summed E-state index contributed by atoms with van der Waals surface area (Å²) in [4.78, 5) is 15.2. The lowest BCUT2D eigenvalue weighted by molar-refractivity contribution is 0.0905. The SMILES string of the molecule is CC(NC(=O)c1cccnc1F)C(C)(C)C. The van der Waals surface area contributed by atoms with Gasteiger partial charge in [0.25, 0.3) is 5.91 Å². The van der Waals surface area contributed by atoms with Crippen molar-refractivity contribution < 1.29 is 9.18 Å². The Bertz CT molecular complexity index is 385. The van der Waals surface area contributed by atoms with Crippen LogP contribution >= 0.6 is 0 Å². The van der Waals surface area contributed by atoms with Crippen LogP contribution in [0.3, 0.4) is 0 Å². The predicted molar refractivity (Wildman–Crippen MR) is 60.6 cm³/mol. The van der Waals surface area contributed by atoms with Gasteiger partial charge in [-0.2, -0.15) is 4.39 Å².